The molecule has 1 aromatic carbocycles. The Hall–Kier alpha value is -2.54. The maximum absolute atomic E-state index is 12.7. The molecular formula is C19H22N2O2. The Labute approximate surface area is 137 Å². The molecule has 120 valence electrons. The van der Waals surface area contributed by atoms with Gasteiger partial charge in [-0.1, -0.05) is 19.9 Å². The molecule has 2 aromatic rings. The molecule has 2 rings (SSSR count). The molecule has 0 amide bonds. The second-order valence-corrected chi connectivity index (χ2v) is 5.95. The molecule has 0 aliphatic heterocycles. The first kappa shape index (κ1) is 16.8. The van der Waals surface area contributed by atoms with Gasteiger partial charge in [-0.2, -0.15) is 5.26 Å². The van der Waals surface area contributed by atoms with Crippen LogP contribution in [0.2, 0.25) is 0 Å². The summed E-state index contributed by atoms with van der Waals surface area (Å²) in [6.45, 7) is 4.92. The molecule has 0 saturated heterocycles. The molecule has 0 atom stereocenters. The molecule has 0 saturated carbocycles. The van der Waals surface area contributed by atoms with E-state index in [0.717, 1.165) is 23.4 Å². The van der Waals surface area contributed by atoms with Gasteiger partial charge in [-0.15, -0.1) is 0 Å². The van der Waals surface area contributed by atoms with Gasteiger partial charge in [0, 0.05) is 12.1 Å². The summed E-state index contributed by atoms with van der Waals surface area (Å²) in [5.41, 5.74) is 2.32. The van der Waals surface area contributed by atoms with E-state index >= 15 is 0 Å². The summed E-state index contributed by atoms with van der Waals surface area (Å²) >= 11 is 0. The molecule has 0 unspecified atom stereocenters. The number of hydrogen-bond acceptors (Lipinski definition) is 3. The first-order valence-corrected chi connectivity index (χ1v) is 7.81. The van der Waals surface area contributed by atoms with Crippen molar-refractivity contribution in [3.05, 3.63) is 52.3 Å². The number of aromatic nitrogens is 1. The molecule has 0 aliphatic rings. The number of nitrogens with zero attached hydrogens (tertiary/aromatic N) is 2. The highest BCUT2D eigenvalue weighted by Crippen LogP contribution is 2.22. The molecule has 1 heterocycles. The third kappa shape index (κ3) is 4.01. The number of benzene rings is 1. The average Bonchev–Trinajstić information content (AvgIpc) is 2.55. The molecular weight excluding hydrogens is 288 g/mol. The minimum Gasteiger partial charge on any atom is -0.497 e. The van der Waals surface area contributed by atoms with Crippen LogP contribution in [0.3, 0.4) is 0 Å². The summed E-state index contributed by atoms with van der Waals surface area (Å²) in [5.74, 6) is 1.29. The van der Waals surface area contributed by atoms with E-state index in [1.54, 1.807) is 17.7 Å². The Balaban J connectivity index is 2.50. The highest BCUT2D eigenvalue weighted by Gasteiger charge is 2.11. The van der Waals surface area contributed by atoms with Crippen LogP contribution in [-0.4, -0.2) is 11.7 Å². The Kier molecular flexibility index (Phi) is 5.59. The summed E-state index contributed by atoms with van der Waals surface area (Å²) in [6, 6.07) is 13.4. The summed E-state index contributed by atoms with van der Waals surface area (Å²) in [4.78, 5) is 12.7. The Morgan fingerprint density at radius 1 is 1.17 bits per heavy atom. The second-order valence-electron chi connectivity index (χ2n) is 5.95. The number of nitriles is 1. The Morgan fingerprint density at radius 2 is 1.87 bits per heavy atom. The monoisotopic (exact) mass is 310 g/mol. The van der Waals surface area contributed by atoms with E-state index in [9.17, 15) is 4.79 Å². The van der Waals surface area contributed by atoms with Crippen molar-refractivity contribution >= 4 is 0 Å². The van der Waals surface area contributed by atoms with Crippen LogP contribution in [0.1, 0.15) is 25.8 Å². The largest absolute Gasteiger partial charge is 0.497 e. The standard InChI is InChI=1S/C19H22N2O2/c1-14(2)11-13-21-18(9-6-16(10-12-20)19(21)22)15-4-7-17(23-3)8-5-15/h4-9,14H,10-11,13H2,1-3H3. The molecule has 0 fully saturated rings. The van der Waals surface area contributed by atoms with Crippen molar-refractivity contribution in [2.75, 3.05) is 7.11 Å². The number of methoxy groups -OCH3 is 1. The maximum atomic E-state index is 12.7. The lowest BCUT2D eigenvalue weighted by atomic mass is 10.1. The van der Waals surface area contributed by atoms with Gasteiger partial charge in [-0.3, -0.25) is 4.79 Å². The van der Waals surface area contributed by atoms with Crippen LogP contribution in [0.15, 0.2) is 41.2 Å². The quantitative estimate of drug-likeness (QED) is 0.818. The van der Waals surface area contributed by atoms with Crippen molar-refractivity contribution in [3.63, 3.8) is 0 Å². The minimum atomic E-state index is -0.0690. The molecule has 0 bridgehead atoms. The highest BCUT2D eigenvalue weighted by atomic mass is 16.5. The third-order valence-corrected chi connectivity index (χ3v) is 3.84. The van der Waals surface area contributed by atoms with Gasteiger partial charge >= 0.3 is 0 Å². The zero-order valence-corrected chi connectivity index (χ0v) is 13.9. The van der Waals surface area contributed by atoms with E-state index in [-0.39, 0.29) is 12.0 Å². The van der Waals surface area contributed by atoms with Gasteiger partial charge in [0.15, 0.2) is 0 Å². The predicted molar refractivity (Wildman–Crippen MR) is 91.5 cm³/mol. The van der Waals surface area contributed by atoms with E-state index in [1.165, 1.54) is 0 Å². The summed E-state index contributed by atoms with van der Waals surface area (Å²) in [6.07, 6.45) is 1.06. The normalized spacial score (nSPS) is 10.6. The number of pyridine rings is 1. The van der Waals surface area contributed by atoms with Crippen molar-refractivity contribution in [3.8, 4) is 23.1 Å². The van der Waals surface area contributed by atoms with E-state index in [2.05, 4.69) is 19.9 Å². The maximum Gasteiger partial charge on any atom is 0.255 e. The number of rotatable bonds is 6. The van der Waals surface area contributed by atoms with E-state index < -0.39 is 0 Å². The van der Waals surface area contributed by atoms with Crippen LogP contribution in [-0.2, 0) is 13.0 Å². The van der Waals surface area contributed by atoms with E-state index in [4.69, 9.17) is 10.00 Å². The lowest BCUT2D eigenvalue weighted by molar-refractivity contribution is 0.415. The van der Waals surface area contributed by atoms with Gasteiger partial charge in [-0.05, 0) is 48.2 Å². The first-order valence-electron chi connectivity index (χ1n) is 7.81. The molecule has 0 N–H and O–H groups in total. The molecule has 0 aliphatic carbocycles. The van der Waals surface area contributed by atoms with Crippen molar-refractivity contribution in [2.45, 2.75) is 33.2 Å². The first-order chi connectivity index (χ1) is 11.1. The topological polar surface area (TPSA) is 55.0 Å². The van der Waals surface area contributed by atoms with Crippen molar-refractivity contribution in [2.24, 2.45) is 5.92 Å². The Bertz CT molecular complexity index is 752. The SMILES string of the molecule is COc1ccc(-c2ccc(CC#N)c(=O)n2CCC(C)C)cc1. The molecule has 0 radical (unpaired) electrons. The fourth-order valence-electron chi connectivity index (χ4n) is 2.47. The second kappa shape index (κ2) is 7.64. The molecule has 0 spiro atoms. The van der Waals surface area contributed by atoms with Gasteiger partial charge in [0.05, 0.1) is 25.3 Å². The van der Waals surface area contributed by atoms with Gasteiger partial charge in [0.2, 0.25) is 0 Å². The van der Waals surface area contributed by atoms with Crippen molar-refractivity contribution in [1.29, 1.82) is 5.26 Å². The lowest BCUT2D eigenvalue weighted by Crippen LogP contribution is -2.25. The van der Waals surface area contributed by atoms with Crippen LogP contribution in [0.5, 0.6) is 5.75 Å². The molecule has 23 heavy (non-hydrogen) atoms. The third-order valence-electron chi connectivity index (χ3n) is 3.84. The van der Waals surface area contributed by atoms with Gasteiger partial charge in [0.1, 0.15) is 5.75 Å². The van der Waals surface area contributed by atoms with Crippen LogP contribution < -0.4 is 10.3 Å². The van der Waals surface area contributed by atoms with Gasteiger partial charge < -0.3 is 9.30 Å². The predicted octanol–water partition coefficient (Wildman–Crippen LogP) is 3.64. The summed E-state index contributed by atoms with van der Waals surface area (Å²) in [7, 11) is 1.63. The summed E-state index contributed by atoms with van der Waals surface area (Å²) in [5, 5.41) is 8.89. The average molecular weight is 310 g/mol. The smallest absolute Gasteiger partial charge is 0.255 e. The minimum absolute atomic E-state index is 0.0690. The van der Waals surface area contributed by atoms with Crippen LogP contribution in [0, 0.1) is 17.2 Å². The van der Waals surface area contributed by atoms with E-state index in [0.29, 0.717) is 18.0 Å². The van der Waals surface area contributed by atoms with Crippen LogP contribution in [0.4, 0.5) is 0 Å². The number of ether oxygens (including phenoxy) is 1. The van der Waals surface area contributed by atoms with Crippen LogP contribution >= 0.6 is 0 Å². The van der Waals surface area contributed by atoms with Crippen LogP contribution in [0.25, 0.3) is 11.3 Å². The molecule has 1 aromatic heterocycles. The molecule has 4 nitrogen and oxygen atoms in total. The highest BCUT2D eigenvalue weighted by molar-refractivity contribution is 5.61. The fraction of sp³-hybridized carbons (Fsp3) is 0.368. The number of hydrogen-bond donors (Lipinski definition) is 0. The van der Waals surface area contributed by atoms with Crippen molar-refractivity contribution < 1.29 is 4.74 Å². The van der Waals surface area contributed by atoms with E-state index in [1.807, 2.05) is 30.3 Å². The molecule has 4 heteroatoms. The Morgan fingerprint density at radius 3 is 2.43 bits per heavy atom. The van der Waals surface area contributed by atoms with Crippen molar-refractivity contribution in [1.82, 2.24) is 4.57 Å². The van der Waals surface area contributed by atoms with Gasteiger partial charge in [0.25, 0.3) is 5.56 Å². The lowest BCUT2D eigenvalue weighted by Gasteiger charge is -2.16. The van der Waals surface area contributed by atoms with Gasteiger partial charge in [-0.25, -0.2) is 0 Å². The zero-order chi connectivity index (χ0) is 16.8. The summed E-state index contributed by atoms with van der Waals surface area (Å²) < 4.78 is 6.97. The zero-order valence-electron chi connectivity index (χ0n) is 13.9. The fourth-order valence-corrected chi connectivity index (χ4v) is 2.47.